The van der Waals surface area contributed by atoms with Crippen LogP contribution in [0.5, 0.6) is 17.2 Å². The Hall–Kier alpha value is -5.65. The number of nitrogens with one attached hydrogen (secondary N) is 2. The van der Waals surface area contributed by atoms with Crippen LogP contribution in [0.4, 0.5) is 21.0 Å². The average molecular weight is 781 g/mol. The van der Waals surface area contributed by atoms with Gasteiger partial charge in [-0.3, -0.25) is 15.4 Å². The van der Waals surface area contributed by atoms with Crippen molar-refractivity contribution in [3.8, 4) is 27.7 Å². The van der Waals surface area contributed by atoms with Crippen molar-refractivity contribution in [2.75, 3.05) is 23.7 Å². The summed E-state index contributed by atoms with van der Waals surface area (Å²) < 4.78 is 11.8. The minimum absolute atomic E-state index is 0.178. The Morgan fingerprint density at radius 1 is 0.630 bits per heavy atom. The summed E-state index contributed by atoms with van der Waals surface area (Å²) in [6.07, 6.45) is 2.05. The molecule has 0 spiro atoms. The largest absolute Gasteiger partial charge is 0.417 e. The zero-order valence-corrected chi connectivity index (χ0v) is 31.3. The van der Waals surface area contributed by atoms with E-state index in [1.807, 2.05) is 17.2 Å². The molecule has 1 aromatic heterocycles. The fraction of sp³-hybridized carbons (Fsp3) is 0.119. The van der Waals surface area contributed by atoms with E-state index in [0.717, 1.165) is 36.2 Å². The molecule has 2 N–H and O–H groups in total. The van der Waals surface area contributed by atoms with Gasteiger partial charge in [0.15, 0.2) is 5.78 Å². The third kappa shape index (κ3) is 9.66. The zero-order valence-electron chi connectivity index (χ0n) is 29.0. The summed E-state index contributed by atoms with van der Waals surface area (Å²) in [6, 6.07) is 32.6. The molecule has 1 aliphatic rings. The third-order valence-corrected chi connectivity index (χ3v) is 9.98. The summed E-state index contributed by atoms with van der Waals surface area (Å²) in [5, 5.41) is 9.10. The van der Waals surface area contributed by atoms with Gasteiger partial charge in [0.25, 0.3) is 0 Å². The SMILES string of the molecule is C=C.O=C(Nc1ccc(Cl)cc1)Oc1ccc(-c2sc3cc(OC(=O)Nc4ccc(Cl)cc4)ccc3c2C(=O)c2ccc(ON3CCCCC3)cc2)cc1. The van der Waals surface area contributed by atoms with E-state index in [1.54, 1.807) is 103 Å². The highest BCUT2D eigenvalue weighted by molar-refractivity contribution is 7.22. The Morgan fingerprint density at radius 3 is 1.72 bits per heavy atom. The first-order valence-electron chi connectivity index (χ1n) is 17.0. The molecule has 0 saturated carbocycles. The predicted molar refractivity (Wildman–Crippen MR) is 217 cm³/mol. The van der Waals surface area contributed by atoms with E-state index in [-0.39, 0.29) is 5.78 Å². The minimum atomic E-state index is -0.669. The number of thiophene rings is 1. The van der Waals surface area contributed by atoms with Crippen LogP contribution in [0.1, 0.15) is 35.2 Å². The zero-order chi connectivity index (χ0) is 38.0. The Kier molecular flexibility index (Phi) is 12.6. The second-order valence-corrected chi connectivity index (χ2v) is 13.9. The number of benzene rings is 5. The topological polar surface area (TPSA) is 106 Å². The van der Waals surface area contributed by atoms with E-state index in [2.05, 4.69) is 23.8 Å². The number of rotatable bonds is 9. The highest BCUT2D eigenvalue weighted by atomic mass is 35.5. The van der Waals surface area contributed by atoms with Crippen LogP contribution in [0.3, 0.4) is 0 Å². The van der Waals surface area contributed by atoms with Crippen molar-refractivity contribution in [1.29, 1.82) is 0 Å². The number of carbonyl (C=O) groups excluding carboxylic acids is 3. The van der Waals surface area contributed by atoms with Crippen LogP contribution in [0.2, 0.25) is 10.0 Å². The molecule has 0 radical (unpaired) electrons. The fourth-order valence-electron chi connectivity index (χ4n) is 5.73. The first-order chi connectivity index (χ1) is 26.3. The van der Waals surface area contributed by atoms with Gasteiger partial charge in [-0.05, 0) is 134 Å². The van der Waals surface area contributed by atoms with Gasteiger partial charge in [-0.1, -0.05) is 29.6 Å². The van der Waals surface area contributed by atoms with Gasteiger partial charge < -0.3 is 14.3 Å². The van der Waals surface area contributed by atoms with Crippen molar-refractivity contribution in [3.05, 3.63) is 150 Å². The first kappa shape index (κ1) is 38.1. The maximum atomic E-state index is 14.3. The van der Waals surface area contributed by atoms with Crippen LogP contribution in [-0.4, -0.2) is 36.1 Å². The Bertz CT molecular complexity index is 2240. The molecule has 0 unspecified atom stereocenters. The number of hydrogen-bond donors (Lipinski definition) is 2. The van der Waals surface area contributed by atoms with Crippen molar-refractivity contribution in [2.24, 2.45) is 0 Å². The molecule has 0 bridgehead atoms. The fourth-order valence-corrected chi connectivity index (χ4v) is 7.21. The monoisotopic (exact) mass is 779 g/mol. The number of fused-ring (bicyclic) bond motifs is 1. The Labute approximate surface area is 326 Å². The van der Waals surface area contributed by atoms with Crippen molar-refractivity contribution in [2.45, 2.75) is 19.3 Å². The normalized spacial score (nSPS) is 12.6. The lowest BCUT2D eigenvalue weighted by molar-refractivity contribution is -0.0720. The standard InChI is InChI=1S/C40H31Cl2N3O6S.C2H4/c41-27-8-12-29(13-9-27)43-39(47)49-31-16-6-26(7-17-31)38-36(37(46)25-4-18-32(19-5-25)51-45-22-2-1-3-23-45)34-21-20-33(24-35(34)52-38)50-40(48)44-30-14-10-28(42)11-15-30;1-2/h4-21,24H,1-3,22-23H2,(H,43,47)(H,44,48);1-2H2. The molecular formula is C42H35Cl2N3O6S. The summed E-state index contributed by atoms with van der Waals surface area (Å²) in [5.41, 5.74) is 2.80. The molecule has 9 nitrogen and oxygen atoms in total. The molecule has 1 aliphatic heterocycles. The maximum absolute atomic E-state index is 14.3. The van der Waals surface area contributed by atoms with E-state index >= 15 is 0 Å². The van der Waals surface area contributed by atoms with Gasteiger partial charge in [0, 0.05) is 60.6 Å². The molecule has 0 aliphatic carbocycles. The summed E-state index contributed by atoms with van der Waals surface area (Å²) in [4.78, 5) is 46.2. The van der Waals surface area contributed by atoms with Crippen molar-refractivity contribution < 1.29 is 28.7 Å². The molecule has 2 heterocycles. The Balaban J connectivity index is 0.00000245. The molecule has 0 atom stereocenters. The van der Waals surface area contributed by atoms with Crippen LogP contribution < -0.4 is 24.9 Å². The van der Waals surface area contributed by atoms with Gasteiger partial charge in [-0.25, -0.2) is 9.59 Å². The number of ether oxygens (including phenoxy) is 2. The van der Waals surface area contributed by atoms with E-state index in [9.17, 15) is 14.4 Å². The molecule has 12 heteroatoms. The molecule has 274 valence electrons. The highest BCUT2D eigenvalue weighted by Crippen LogP contribution is 2.42. The average Bonchev–Trinajstić information content (AvgIpc) is 3.57. The number of carbonyl (C=O) groups is 3. The van der Waals surface area contributed by atoms with Crippen LogP contribution >= 0.6 is 34.5 Å². The molecule has 1 saturated heterocycles. The van der Waals surface area contributed by atoms with Crippen LogP contribution in [0.15, 0.2) is 128 Å². The highest BCUT2D eigenvalue weighted by Gasteiger charge is 2.23. The van der Waals surface area contributed by atoms with Gasteiger partial charge in [0.05, 0.1) is 0 Å². The lowest BCUT2D eigenvalue weighted by Crippen LogP contribution is -2.32. The van der Waals surface area contributed by atoms with E-state index < -0.39 is 12.2 Å². The lowest BCUT2D eigenvalue weighted by Gasteiger charge is -2.26. The number of ketones is 1. The minimum Gasteiger partial charge on any atom is -0.410 e. The number of hydrogen-bond acceptors (Lipinski definition) is 8. The van der Waals surface area contributed by atoms with Gasteiger partial charge in [0.1, 0.15) is 17.2 Å². The molecule has 1 fully saturated rings. The summed E-state index contributed by atoms with van der Waals surface area (Å²) >= 11 is 13.3. The van der Waals surface area contributed by atoms with Crippen molar-refractivity contribution in [3.63, 3.8) is 0 Å². The second-order valence-electron chi connectivity index (χ2n) is 12.0. The lowest BCUT2D eigenvalue weighted by atomic mass is 9.97. The van der Waals surface area contributed by atoms with Gasteiger partial charge in [0.2, 0.25) is 0 Å². The van der Waals surface area contributed by atoms with Gasteiger partial charge in [-0.15, -0.1) is 29.6 Å². The van der Waals surface area contributed by atoms with Crippen LogP contribution in [0, 0.1) is 0 Å². The smallest absolute Gasteiger partial charge is 0.410 e. The molecule has 6 aromatic rings. The third-order valence-electron chi connectivity index (χ3n) is 8.27. The van der Waals surface area contributed by atoms with Crippen molar-refractivity contribution in [1.82, 2.24) is 5.06 Å². The van der Waals surface area contributed by atoms with Crippen LogP contribution in [-0.2, 0) is 0 Å². The molecule has 54 heavy (non-hydrogen) atoms. The number of anilines is 2. The summed E-state index contributed by atoms with van der Waals surface area (Å²) in [6.45, 7) is 7.74. The number of piperidine rings is 1. The quantitative estimate of drug-likeness (QED) is 0.111. The molecule has 2 amide bonds. The predicted octanol–water partition coefficient (Wildman–Crippen LogP) is 11.9. The summed E-state index contributed by atoms with van der Waals surface area (Å²) in [5.74, 6) is 1.11. The van der Waals surface area contributed by atoms with Gasteiger partial charge in [-0.2, -0.15) is 0 Å². The van der Waals surface area contributed by atoms with E-state index in [0.29, 0.717) is 60.1 Å². The van der Waals surface area contributed by atoms with E-state index in [4.69, 9.17) is 37.5 Å². The van der Waals surface area contributed by atoms with Crippen molar-refractivity contribution >= 4 is 74.0 Å². The first-order valence-corrected chi connectivity index (χ1v) is 18.6. The Morgan fingerprint density at radius 2 is 1.15 bits per heavy atom. The molecule has 5 aromatic carbocycles. The van der Waals surface area contributed by atoms with Crippen LogP contribution in [0.25, 0.3) is 20.5 Å². The summed E-state index contributed by atoms with van der Waals surface area (Å²) in [7, 11) is 0. The number of hydroxylamine groups is 2. The molecular weight excluding hydrogens is 745 g/mol. The number of nitrogens with zero attached hydrogens (tertiary/aromatic N) is 1. The molecule has 7 rings (SSSR count). The second kappa shape index (κ2) is 17.9. The van der Waals surface area contributed by atoms with E-state index in [1.165, 1.54) is 17.8 Å². The number of amides is 2. The maximum Gasteiger partial charge on any atom is 0.417 e. The van der Waals surface area contributed by atoms with Gasteiger partial charge >= 0.3 is 12.2 Å². The number of halogens is 2.